The summed E-state index contributed by atoms with van der Waals surface area (Å²) in [7, 11) is 0. The van der Waals surface area contributed by atoms with Gasteiger partial charge in [-0.25, -0.2) is 0 Å². The number of carbonyl (C=O) groups is 2. The van der Waals surface area contributed by atoms with Crippen LogP contribution < -0.4 is 5.32 Å². The Hall–Kier alpha value is -2.12. The van der Waals surface area contributed by atoms with Crippen LogP contribution in [0.1, 0.15) is 348 Å². The van der Waals surface area contributed by atoms with Crippen molar-refractivity contribution in [3.63, 3.8) is 0 Å². The minimum atomic E-state index is -1.58. The molecule has 0 aromatic rings. The van der Waals surface area contributed by atoms with Crippen molar-refractivity contribution < 1.29 is 49.3 Å². The van der Waals surface area contributed by atoms with Crippen molar-refractivity contribution in [3.8, 4) is 0 Å². The molecule has 0 spiro atoms. The van der Waals surface area contributed by atoms with Crippen molar-refractivity contribution in [1.82, 2.24) is 5.32 Å². The van der Waals surface area contributed by atoms with Crippen molar-refractivity contribution >= 4 is 11.9 Å². The van der Waals surface area contributed by atoms with Crippen molar-refractivity contribution in [1.29, 1.82) is 0 Å². The Labute approximate surface area is 511 Å². The molecule has 0 aromatic carbocycles. The highest BCUT2D eigenvalue weighted by molar-refractivity contribution is 5.76. The highest BCUT2D eigenvalue weighted by Crippen LogP contribution is 2.23. The van der Waals surface area contributed by atoms with Gasteiger partial charge in [0.1, 0.15) is 24.4 Å². The summed E-state index contributed by atoms with van der Waals surface area (Å²) in [6.45, 7) is 4.34. The second-order valence-electron chi connectivity index (χ2n) is 24.9. The molecule has 1 saturated heterocycles. The van der Waals surface area contributed by atoms with E-state index in [2.05, 4.69) is 43.5 Å². The van der Waals surface area contributed by atoms with Gasteiger partial charge in [0.05, 0.1) is 32.0 Å². The predicted octanol–water partition coefficient (Wildman–Crippen LogP) is 18.2. The molecule has 11 heteroatoms. The van der Waals surface area contributed by atoms with E-state index in [0.29, 0.717) is 19.4 Å². The molecule has 6 N–H and O–H groups in total. The first-order valence-electron chi connectivity index (χ1n) is 35.8. The number of aliphatic hydroxyl groups excluding tert-OH is 5. The Kier molecular flexibility index (Phi) is 58.5. The van der Waals surface area contributed by atoms with Gasteiger partial charge in [0, 0.05) is 12.8 Å². The topological polar surface area (TPSA) is 175 Å². The van der Waals surface area contributed by atoms with Crippen LogP contribution in [0.2, 0.25) is 0 Å². The number of carbonyl (C=O) groups excluding carboxylic acids is 2. The molecule has 83 heavy (non-hydrogen) atoms. The third-order valence-corrected chi connectivity index (χ3v) is 17.0. The van der Waals surface area contributed by atoms with Crippen LogP contribution in [0.3, 0.4) is 0 Å². The summed E-state index contributed by atoms with van der Waals surface area (Å²) in [6, 6.07) is -0.832. The van der Waals surface area contributed by atoms with Crippen LogP contribution >= 0.6 is 0 Å². The Morgan fingerprint density at radius 1 is 0.434 bits per heavy atom. The Morgan fingerprint density at radius 2 is 0.783 bits per heavy atom. The highest BCUT2D eigenvalue weighted by atomic mass is 16.7. The number of aliphatic hydroxyl groups is 5. The molecule has 1 rings (SSSR count). The van der Waals surface area contributed by atoms with Crippen molar-refractivity contribution in [3.05, 3.63) is 36.5 Å². The average Bonchev–Trinajstić information content (AvgIpc) is 3.57. The summed E-state index contributed by atoms with van der Waals surface area (Å²) in [5.41, 5.74) is 0. The fourth-order valence-corrected chi connectivity index (χ4v) is 11.4. The average molecular weight is 1170 g/mol. The second-order valence-corrected chi connectivity index (χ2v) is 24.9. The number of unbranched alkanes of at least 4 members (excludes halogenated alkanes) is 45. The minimum Gasteiger partial charge on any atom is -0.466 e. The van der Waals surface area contributed by atoms with E-state index in [0.717, 1.165) is 64.2 Å². The molecule has 0 radical (unpaired) electrons. The third-order valence-electron chi connectivity index (χ3n) is 17.0. The van der Waals surface area contributed by atoms with Gasteiger partial charge in [0.2, 0.25) is 5.91 Å². The SMILES string of the molecule is CCCCCC/C=C/CC/C=C/CC/C=C/C(O)C(COC1OC(CO)C(O)C(O)C1O)NC(=O)CCCCCCCCCCCCCCCCCCCCCCCCCCCCCCCCOC(=O)CCCCCCCCCCCCC. The predicted molar refractivity (Wildman–Crippen MR) is 347 cm³/mol. The van der Waals surface area contributed by atoms with Crippen molar-refractivity contribution in [2.45, 2.75) is 391 Å². The molecule has 11 nitrogen and oxygen atoms in total. The molecule has 7 atom stereocenters. The number of allylic oxidation sites excluding steroid dienone is 5. The van der Waals surface area contributed by atoms with Crippen LogP contribution in [0, 0.1) is 0 Å². The van der Waals surface area contributed by atoms with Gasteiger partial charge < -0.3 is 45.1 Å². The van der Waals surface area contributed by atoms with E-state index in [-0.39, 0.29) is 18.5 Å². The number of hydrogen-bond acceptors (Lipinski definition) is 10. The molecule has 0 aromatic heterocycles. The molecule has 1 heterocycles. The fourth-order valence-electron chi connectivity index (χ4n) is 11.4. The molecule has 1 fully saturated rings. The lowest BCUT2D eigenvalue weighted by molar-refractivity contribution is -0.302. The van der Waals surface area contributed by atoms with Crippen LogP contribution in [0.25, 0.3) is 0 Å². The lowest BCUT2D eigenvalue weighted by Gasteiger charge is -2.40. The standard InChI is InChI=1S/C72H135NO10/c1-3-5-7-9-11-13-15-16-35-39-42-46-50-54-58-65(75)64(63-82-72-71(80)70(79)69(78)66(62-74)83-72)73-67(76)59-55-51-47-43-40-36-33-31-29-27-25-23-21-19-17-18-20-22-24-26-28-30-32-34-37-41-45-49-53-57-61-81-68(77)60-56-52-48-44-38-14-12-10-8-6-4-2/h13,15,39,42,54,58,64-66,69-72,74-75,78-80H,3-12,14,16-38,40-41,43-53,55-57,59-63H2,1-2H3,(H,73,76)/b15-13+,42-39+,58-54+. The normalized spacial score (nSPS) is 18.3. The third kappa shape index (κ3) is 50.6. The van der Waals surface area contributed by atoms with E-state index in [9.17, 15) is 35.1 Å². The van der Waals surface area contributed by atoms with Crippen LogP contribution in [0.5, 0.6) is 0 Å². The number of nitrogens with one attached hydrogen (secondary N) is 1. The van der Waals surface area contributed by atoms with Crippen LogP contribution in [-0.4, -0.2) is 100 Å². The largest absolute Gasteiger partial charge is 0.466 e. The zero-order chi connectivity index (χ0) is 60.2. The number of esters is 1. The van der Waals surface area contributed by atoms with Crippen LogP contribution in [0.15, 0.2) is 36.5 Å². The summed E-state index contributed by atoms with van der Waals surface area (Å²) in [6.07, 6.45) is 68.5. The molecule has 488 valence electrons. The molecular weight excluding hydrogens is 1040 g/mol. The summed E-state index contributed by atoms with van der Waals surface area (Å²) >= 11 is 0. The zero-order valence-corrected chi connectivity index (χ0v) is 54.2. The van der Waals surface area contributed by atoms with Crippen molar-refractivity contribution in [2.75, 3.05) is 19.8 Å². The number of rotatable bonds is 63. The van der Waals surface area contributed by atoms with Gasteiger partial charge in [0.15, 0.2) is 6.29 Å². The maximum absolute atomic E-state index is 13.1. The first kappa shape index (κ1) is 78.9. The zero-order valence-electron chi connectivity index (χ0n) is 54.2. The van der Waals surface area contributed by atoms with Crippen LogP contribution in [-0.2, 0) is 23.8 Å². The van der Waals surface area contributed by atoms with Gasteiger partial charge in [-0.3, -0.25) is 9.59 Å². The monoisotopic (exact) mass is 1170 g/mol. The molecule has 0 bridgehead atoms. The van der Waals surface area contributed by atoms with E-state index in [1.54, 1.807) is 6.08 Å². The van der Waals surface area contributed by atoms with Gasteiger partial charge in [-0.2, -0.15) is 0 Å². The number of amides is 1. The molecular formula is C72H135NO10. The highest BCUT2D eigenvalue weighted by Gasteiger charge is 2.44. The quantitative estimate of drug-likeness (QED) is 0.0195. The Balaban J connectivity index is 1.97. The molecule has 1 amide bonds. The summed E-state index contributed by atoms with van der Waals surface area (Å²) in [5.74, 6) is -0.180. The van der Waals surface area contributed by atoms with Gasteiger partial charge >= 0.3 is 5.97 Å². The smallest absolute Gasteiger partial charge is 0.305 e. The van der Waals surface area contributed by atoms with Crippen molar-refractivity contribution in [2.24, 2.45) is 0 Å². The molecule has 0 aliphatic carbocycles. The maximum atomic E-state index is 13.1. The van der Waals surface area contributed by atoms with E-state index < -0.39 is 49.5 Å². The van der Waals surface area contributed by atoms with E-state index in [1.165, 1.54) is 257 Å². The summed E-state index contributed by atoms with van der Waals surface area (Å²) in [4.78, 5) is 25.1. The van der Waals surface area contributed by atoms with Gasteiger partial charge in [-0.1, -0.05) is 314 Å². The minimum absolute atomic E-state index is 0.0114. The molecule has 1 aliphatic rings. The Morgan fingerprint density at radius 3 is 1.19 bits per heavy atom. The first-order valence-corrected chi connectivity index (χ1v) is 35.8. The second kappa shape index (κ2) is 61.5. The molecule has 0 saturated carbocycles. The number of hydrogen-bond donors (Lipinski definition) is 6. The van der Waals surface area contributed by atoms with E-state index in [1.807, 2.05) is 6.08 Å². The van der Waals surface area contributed by atoms with Gasteiger partial charge in [-0.05, 0) is 57.8 Å². The molecule has 7 unspecified atom stereocenters. The maximum Gasteiger partial charge on any atom is 0.305 e. The lowest BCUT2D eigenvalue weighted by Crippen LogP contribution is -2.60. The number of ether oxygens (including phenoxy) is 3. The van der Waals surface area contributed by atoms with E-state index >= 15 is 0 Å². The lowest BCUT2D eigenvalue weighted by atomic mass is 9.99. The van der Waals surface area contributed by atoms with Gasteiger partial charge in [0.25, 0.3) is 0 Å². The van der Waals surface area contributed by atoms with Crippen LogP contribution in [0.4, 0.5) is 0 Å². The fraction of sp³-hybridized carbons (Fsp3) is 0.889. The molecule has 1 aliphatic heterocycles. The van der Waals surface area contributed by atoms with Gasteiger partial charge in [-0.15, -0.1) is 0 Å². The Bertz CT molecular complexity index is 1470. The first-order chi connectivity index (χ1) is 40.7. The summed E-state index contributed by atoms with van der Waals surface area (Å²) < 4.78 is 16.7. The van der Waals surface area contributed by atoms with E-state index in [4.69, 9.17) is 14.2 Å². The summed E-state index contributed by atoms with van der Waals surface area (Å²) in [5, 5.41) is 54.5.